The molecule has 0 spiro atoms. The van der Waals surface area contributed by atoms with Gasteiger partial charge in [-0.05, 0) is 51.1 Å². The molecule has 124 valence electrons. The minimum absolute atomic E-state index is 0.0638. The zero-order valence-electron chi connectivity index (χ0n) is 13.2. The van der Waals surface area contributed by atoms with Crippen LogP contribution in [0.2, 0.25) is 0 Å². The molecule has 0 radical (unpaired) electrons. The van der Waals surface area contributed by atoms with E-state index < -0.39 is 5.97 Å². The standard InChI is InChI=1S/C17H22N2O4/c1-11(19-7-4-12(5-8-19)17(21)22)16(20)13-2-3-15-14(10-13)18-6-9-23-15/h2-3,10-12,18H,4-9H2,1H3,(H,21,22). The Balaban J connectivity index is 1.67. The third-order valence-corrected chi connectivity index (χ3v) is 4.75. The first-order chi connectivity index (χ1) is 11.1. The van der Waals surface area contributed by atoms with E-state index in [9.17, 15) is 9.59 Å². The van der Waals surface area contributed by atoms with E-state index in [1.807, 2.05) is 19.1 Å². The molecule has 0 bridgehead atoms. The van der Waals surface area contributed by atoms with E-state index in [1.165, 1.54) is 0 Å². The number of carbonyl (C=O) groups is 2. The third kappa shape index (κ3) is 3.32. The quantitative estimate of drug-likeness (QED) is 0.825. The number of ether oxygens (including phenoxy) is 1. The Bertz CT molecular complexity index is 609. The zero-order chi connectivity index (χ0) is 16.4. The second-order valence-electron chi connectivity index (χ2n) is 6.17. The smallest absolute Gasteiger partial charge is 0.306 e. The molecule has 0 aromatic heterocycles. The average molecular weight is 318 g/mol. The van der Waals surface area contributed by atoms with Gasteiger partial charge in [-0.2, -0.15) is 0 Å². The van der Waals surface area contributed by atoms with Gasteiger partial charge in [-0.25, -0.2) is 0 Å². The molecule has 3 rings (SSSR count). The average Bonchev–Trinajstić information content (AvgIpc) is 2.60. The number of carboxylic acid groups (broad SMARTS) is 1. The molecule has 2 aliphatic rings. The van der Waals surface area contributed by atoms with Gasteiger partial charge >= 0.3 is 5.97 Å². The molecule has 23 heavy (non-hydrogen) atoms. The van der Waals surface area contributed by atoms with Crippen LogP contribution in [0.5, 0.6) is 5.75 Å². The normalized spacial score (nSPS) is 20.0. The number of hydrogen-bond acceptors (Lipinski definition) is 5. The number of anilines is 1. The van der Waals surface area contributed by atoms with Crippen molar-refractivity contribution in [2.45, 2.75) is 25.8 Å². The van der Waals surface area contributed by atoms with E-state index in [0.717, 1.165) is 18.0 Å². The monoisotopic (exact) mass is 318 g/mol. The van der Waals surface area contributed by atoms with E-state index >= 15 is 0 Å². The van der Waals surface area contributed by atoms with Gasteiger partial charge in [0, 0.05) is 12.1 Å². The maximum atomic E-state index is 12.7. The summed E-state index contributed by atoms with van der Waals surface area (Å²) < 4.78 is 5.53. The van der Waals surface area contributed by atoms with Gasteiger partial charge in [0.2, 0.25) is 0 Å². The number of hydrogen-bond donors (Lipinski definition) is 2. The van der Waals surface area contributed by atoms with Gasteiger partial charge in [-0.15, -0.1) is 0 Å². The lowest BCUT2D eigenvalue weighted by atomic mass is 9.94. The van der Waals surface area contributed by atoms with E-state index in [1.54, 1.807) is 6.07 Å². The summed E-state index contributed by atoms with van der Waals surface area (Å²) >= 11 is 0. The van der Waals surface area contributed by atoms with Gasteiger partial charge in [-0.3, -0.25) is 14.5 Å². The molecule has 0 aliphatic carbocycles. The Labute approximate surface area is 135 Å². The van der Waals surface area contributed by atoms with Crippen molar-refractivity contribution < 1.29 is 19.4 Å². The van der Waals surface area contributed by atoms with Crippen LogP contribution >= 0.6 is 0 Å². The Morgan fingerprint density at radius 2 is 2.09 bits per heavy atom. The highest BCUT2D eigenvalue weighted by Gasteiger charge is 2.30. The van der Waals surface area contributed by atoms with Crippen LogP contribution in [0.4, 0.5) is 5.69 Å². The van der Waals surface area contributed by atoms with Crippen LogP contribution in [0.3, 0.4) is 0 Å². The summed E-state index contributed by atoms with van der Waals surface area (Å²) in [6, 6.07) is 5.23. The largest absolute Gasteiger partial charge is 0.490 e. The van der Waals surface area contributed by atoms with Gasteiger partial charge in [0.05, 0.1) is 17.6 Å². The number of piperidine rings is 1. The van der Waals surface area contributed by atoms with Crippen molar-refractivity contribution in [1.29, 1.82) is 0 Å². The minimum atomic E-state index is -0.732. The number of carbonyl (C=O) groups excluding carboxylic acids is 1. The molecule has 0 amide bonds. The summed E-state index contributed by atoms with van der Waals surface area (Å²) in [5.41, 5.74) is 1.52. The molecule has 6 nitrogen and oxygen atoms in total. The predicted molar refractivity (Wildman–Crippen MR) is 86.2 cm³/mol. The molecule has 0 saturated carbocycles. The zero-order valence-corrected chi connectivity index (χ0v) is 13.2. The number of rotatable bonds is 4. The number of nitrogens with one attached hydrogen (secondary N) is 1. The van der Waals surface area contributed by atoms with Crippen molar-refractivity contribution in [3.05, 3.63) is 23.8 Å². The molecule has 1 unspecified atom stereocenters. The first-order valence-electron chi connectivity index (χ1n) is 8.08. The molecule has 6 heteroatoms. The summed E-state index contributed by atoms with van der Waals surface area (Å²) in [5.74, 6) is -0.167. The van der Waals surface area contributed by atoms with Crippen molar-refractivity contribution in [2.24, 2.45) is 5.92 Å². The second kappa shape index (κ2) is 6.58. The Hall–Kier alpha value is -2.08. The summed E-state index contributed by atoms with van der Waals surface area (Å²) in [7, 11) is 0. The van der Waals surface area contributed by atoms with E-state index in [4.69, 9.17) is 9.84 Å². The van der Waals surface area contributed by atoms with Gasteiger partial charge in [0.25, 0.3) is 0 Å². The lowest BCUT2D eigenvalue weighted by molar-refractivity contribution is -0.143. The lowest BCUT2D eigenvalue weighted by Crippen LogP contribution is -2.45. The van der Waals surface area contributed by atoms with E-state index in [-0.39, 0.29) is 17.7 Å². The van der Waals surface area contributed by atoms with Crippen LogP contribution in [-0.4, -0.2) is 54.0 Å². The van der Waals surface area contributed by atoms with Crippen molar-refractivity contribution in [3.8, 4) is 5.75 Å². The highest BCUT2D eigenvalue weighted by atomic mass is 16.5. The predicted octanol–water partition coefficient (Wildman–Crippen LogP) is 1.86. The van der Waals surface area contributed by atoms with Crippen LogP contribution in [0, 0.1) is 5.92 Å². The first-order valence-corrected chi connectivity index (χ1v) is 8.08. The Morgan fingerprint density at radius 3 is 2.78 bits per heavy atom. The summed E-state index contributed by atoms with van der Waals surface area (Å²) in [6.07, 6.45) is 1.21. The number of fused-ring (bicyclic) bond motifs is 1. The molecule has 1 atom stereocenters. The molecule has 1 aromatic carbocycles. The van der Waals surface area contributed by atoms with Crippen LogP contribution in [0.15, 0.2) is 18.2 Å². The minimum Gasteiger partial charge on any atom is -0.490 e. The lowest BCUT2D eigenvalue weighted by Gasteiger charge is -2.34. The number of nitrogens with zero attached hydrogens (tertiary/aromatic N) is 1. The fraction of sp³-hybridized carbons (Fsp3) is 0.529. The second-order valence-corrected chi connectivity index (χ2v) is 6.17. The summed E-state index contributed by atoms with van der Waals surface area (Å²) in [6.45, 7) is 4.57. The maximum absolute atomic E-state index is 12.7. The topological polar surface area (TPSA) is 78.9 Å². The molecule has 1 aromatic rings. The molecule has 1 saturated heterocycles. The van der Waals surface area contributed by atoms with E-state index in [2.05, 4.69) is 10.2 Å². The molecular weight excluding hydrogens is 296 g/mol. The van der Waals surface area contributed by atoms with Gasteiger partial charge < -0.3 is 15.2 Å². The SMILES string of the molecule is CC(C(=O)c1ccc2c(c1)NCCO2)N1CCC(C(=O)O)CC1. The number of carboxylic acids is 1. The number of aliphatic carboxylic acids is 1. The van der Waals surface area contributed by atoms with E-state index in [0.29, 0.717) is 38.1 Å². The molecule has 2 aliphatic heterocycles. The van der Waals surface area contributed by atoms with Crippen molar-refractivity contribution in [3.63, 3.8) is 0 Å². The van der Waals surface area contributed by atoms with Crippen molar-refractivity contribution in [1.82, 2.24) is 4.90 Å². The number of ketones is 1. The summed E-state index contributed by atoms with van der Waals surface area (Å²) in [4.78, 5) is 25.8. The van der Waals surface area contributed by atoms with Crippen LogP contribution in [0.25, 0.3) is 0 Å². The van der Waals surface area contributed by atoms with Gasteiger partial charge in [0.1, 0.15) is 12.4 Å². The number of likely N-dealkylation sites (tertiary alicyclic amines) is 1. The van der Waals surface area contributed by atoms with Crippen molar-refractivity contribution >= 4 is 17.4 Å². The number of benzene rings is 1. The third-order valence-electron chi connectivity index (χ3n) is 4.75. The maximum Gasteiger partial charge on any atom is 0.306 e. The highest BCUT2D eigenvalue weighted by molar-refractivity contribution is 6.01. The van der Waals surface area contributed by atoms with Crippen LogP contribution in [0.1, 0.15) is 30.1 Å². The van der Waals surface area contributed by atoms with Gasteiger partial charge in [0.15, 0.2) is 5.78 Å². The molecule has 2 heterocycles. The summed E-state index contributed by atoms with van der Waals surface area (Å²) in [5, 5.41) is 12.3. The van der Waals surface area contributed by atoms with Crippen molar-refractivity contribution in [2.75, 3.05) is 31.6 Å². The first kappa shape index (κ1) is 15.8. The Morgan fingerprint density at radius 1 is 1.35 bits per heavy atom. The van der Waals surface area contributed by atoms with Crippen LogP contribution in [-0.2, 0) is 4.79 Å². The Kier molecular flexibility index (Phi) is 4.52. The highest BCUT2D eigenvalue weighted by Crippen LogP contribution is 2.29. The number of Topliss-reactive ketones (excluding diaryl/α,β-unsaturated/α-hetero) is 1. The van der Waals surface area contributed by atoms with Gasteiger partial charge in [-0.1, -0.05) is 0 Å². The fourth-order valence-corrected chi connectivity index (χ4v) is 3.23. The van der Waals surface area contributed by atoms with Crippen LogP contribution < -0.4 is 10.1 Å². The molecule has 1 fully saturated rings. The molecular formula is C17H22N2O4. The fourth-order valence-electron chi connectivity index (χ4n) is 3.23. The molecule has 2 N–H and O–H groups in total.